The second-order valence-electron chi connectivity index (χ2n) is 8.90. The molecule has 33 heavy (non-hydrogen) atoms. The molecule has 0 radical (unpaired) electrons. The van der Waals surface area contributed by atoms with Crippen LogP contribution in [0.3, 0.4) is 0 Å². The molecule has 2 amide bonds. The molecule has 1 unspecified atom stereocenters. The Kier molecular flexibility index (Phi) is 7.89. The highest BCUT2D eigenvalue weighted by molar-refractivity contribution is 7.89. The molecule has 1 saturated carbocycles. The molecule has 1 aromatic carbocycles. The van der Waals surface area contributed by atoms with E-state index in [1.807, 2.05) is 0 Å². The van der Waals surface area contributed by atoms with Crippen molar-refractivity contribution in [3.05, 3.63) is 18.2 Å². The summed E-state index contributed by atoms with van der Waals surface area (Å²) in [7, 11) is -0.664. The number of hydrogen-bond acceptors (Lipinski definition) is 6. The third-order valence-corrected chi connectivity index (χ3v) is 8.35. The number of nitrogens with zero attached hydrogens (tertiary/aromatic N) is 2. The topological polar surface area (TPSA) is 105 Å². The van der Waals surface area contributed by atoms with Crippen molar-refractivity contribution in [1.29, 1.82) is 0 Å². The van der Waals surface area contributed by atoms with E-state index in [9.17, 15) is 18.0 Å². The smallest absolute Gasteiger partial charge is 0.247 e. The summed E-state index contributed by atoms with van der Waals surface area (Å²) in [6.45, 7) is 2.69. The van der Waals surface area contributed by atoms with Gasteiger partial charge < -0.3 is 14.8 Å². The van der Waals surface area contributed by atoms with Gasteiger partial charge in [0.05, 0.1) is 32.2 Å². The number of ether oxygens (including phenoxy) is 2. The molecule has 1 heterocycles. The van der Waals surface area contributed by atoms with Crippen LogP contribution in [0.5, 0.6) is 11.5 Å². The molecule has 10 heteroatoms. The minimum Gasteiger partial charge on any atom is -0.497 e. The fourth-order valence-corrected chi connectivity index (χ4v) is 5.75. The summed E-state index contributed by atoms with van der Waals surface area (Å²) < 4.78 is 37.2. The standard InChI is InChI=1S/C23H35N3O6S/c1-5-33(29,30)25-15-21(27)26(18-12-19(31-3)14-20(13-18)32-4)23(2,16-25)22(28)24-17-10-8-6-7-9-11-17/h12-14,17H,5-11,15-16H2,1-4H3,(H,24,28). The average molecular weight is 482 g/mol. The van der Waals surface area contributed by atoms with Gasteiger partial charge in [0.1, 0.15) is 17.0 Å². The van der Waals surface area contributed by atoms with Gasteiger partial charge in [-0.3, -0.25) is 14.5 Å². The number of carbonyl (C=O) groups excluding carboxylic acids is 2. The predicted molar refractivity (Wildman–Crippen MR) is 126 cm³/mol. The Morgan fingerprint density at radius 2 is 1.67 bits per heavy atom. The Morgan fingerprint density at radius 3 is 2.18 bits per heavy atom. The van der Waals surface area contributed by atoms with Crippen LogP contribution in [0.4, 0.5) is 5.69 Å². The highest BCUT2D eigenvalue weighted by Crippen LogP contribution is 2.36. The van der Waals surface area contributed by atoms with E-state index in [1.165, 1.54) is 26.0 Å². The van der Waals surface area contributed by atoms with Crippen molar-refractivity contribution in [2.75, 3.05) is 38.0 Å². The van der Waals surface area contributed by atoms with Crippen LogP contribution in [0.2, 0.25) is 0 Å². The second kappa shape index (κ2) is 10.3. The highest BCUT2D eigenvalue weighted by Gasteiger charge is 2.51. The van der Waals surface area contributed by atoms with Crippen LogP contribution in [-0.4, -0.2) is 69.2 Å². The van der Waals surface area contributed by atoms with Crippen molar-refractivity contribution < 1.29 is 27.5 Å². The summed E-state index contributed by atoms with van der Waals surface area (Å²) in [5, 5.41) is 3.12. The number of nitrogens with one attached hydrogen (secondary N) is 1. The number of rotatable bonds is 7. The molecule has 9 nitrogen and oxygen atoms in total. The van der Waals surface area contributed by atoms with Gasteiger partial charge >= 0.3 is 0 Å². The molecule has 184 valence electrons. The minimum atomic E-state index is -3.67. The van der Waals surface area contributed by atoms with Crippen LogP contribution in [-0.2, 0) is 19.6 Å². The molecule has 2 aliphatic rings. The number of methoxy groups -OCH3 is 2. The SMILES string of the molecule is CCS(=O)(=O)N1CC(=O)N(c2cc(OC)cc(OC)c2)C(C)(C(=O)NC2CCCCCC2)C1. The number of carbonyl (C=O) groups is 2. The molecular formula is C23H35N3O6S. The van der Waals surface area contributed by atoms with E-state index in [4.69, 9.17) is 9.47 Å². The predicted octanol–water partition coefficient (Wildman–Crippen LogP) is 2.30. The first-order valence-corrected chi connectivity index (χ1v) is 13.1. The maximum absolute atomic E-state index is 13.7. The van der Waals surface area contributed by atoms with Gasteiger partial charge in [0, 0.05) is 30.8 Å². The third kappa shape index (κ3) is 5.43. The Bertz CT molecular complexity index is 952. The van der Waals surface area contributed by atoms with Gasteiger partial charge in [-0.1, -0.05) is 25.7 Å². The monoisotopic (exact) mass is 481 g/mol. The summed E-state index contributed by atoms with van der Waals surface area (Å²) in [5.74, 6) is -0.0552. The summed E-state index contributed by atoms with van der Waals surface area (Å²) in [6.07, 6.45) is 6.10. The van der Waals surface area contributed by atoms with Crippen LogP contribution in [0.15, 0.2) is 18.2 Å². The minimum absolute atomic E-state index is 0.00628. The highest BCUT2D eigenvalue weighted by atomic mass is 32.2. The van der Waals surface area contributed by atoms with Gasteiger partial charge in [-0.2, -0.15) is 4.31 Å². The lowest BCUT2D eigenvalue weighted by molar-refractivity contribution is -0.133. The van der Waals surface area contributed by atoms with Gasteiger partial charge in [0.2, 0.25) is 21.8 Å². The van der Waals surface area contributed by atoms with Crippen LogP contribution in [0.1, 0.15) is 52.4 Å². The van der Waals surface area contributed by atoms with Crippen molar-refractivity contribution >= 4 is 27.5 Å². The van der Waals surface area contributed by atoms with Crippen molar-refractivity contribution in [2.45, 2.75) is 64.0 Å². The summed E-state index contributed by atoms with van der Waals surface area (Å²) in [4.78, 5) is 28.5. The van der Waals surface area contributed by atoms with Gasteiger partial charge in [-0.15, -0.1) is 0 Å². The summed E-state index contributed by atoms with van der Waals surface area (Å²) in [6, 6.07) is 4.99. The Labute approximate surface area is 196 Å². The van der Waals surface area contributed by atoms with E-state index in [0.717, 1.165) is 42.8 Å². The molecule has 0 aromatic heterocycles. The molecule has 1 aromatic rings. The third-order valence-electron chi connectivity index (χ3n) is 6.57. The van der Waals surface area contributed by atoms with Crippen LogP contribution in [0.25, 0.3) is 0 Å². The molecule has 0 bridgehead atoms. The molecular weight excluding hydrogens is 446 g/mol. The largest absolute Gasteiger partial charge is 0.497 e. The second-order valence-corrected chi connectivity index (χ2v) is 11.2. The molecule has 1 atom stereocenters. The molecule has 1 saturated heterocycles. The maximum atomic E-state index is 13.7. The zero-order valence-corrected chi connectivity index (χ0v) is 20.7. The number of amides is 2. The van der Waals surface area contributed by atoms with Gasteiger partial charge in [0.25, 0.3) is 0 Å². The van der Waals surface area contributed by atoms with Crippen LogP contribution >= 0.6 is 0 Å². The average Bonchev–Trinajstić information content (AvgIpc) is 3.06. The van der Waals surface area contributed by atoms with E-state index in [-0.39, 0.29) is 30.8 Å². The zero-order valence-electron chi connectivity index (χ0n) is 19.9. The van der Waals surface area contributed by atoms with Gasteiger partial charge in [-0.05, 0) is 26.7 Å². The first kappa shape index (κ1) is 25.3. The van der Waals surface area contributed by atoms with Gasteiger partial charge in [-0.25, -0.2) is 8.42 Å². The van der Waals surface area contributed by atoms with E-state index in [0.29, 0.717) is 17.2 Å². The quantitative estimate of drug-likeness (QED) is 0.599. The maximum Gasteiger partial charge on any atom is 0.247 e. The molecule has 0 spiro atoms. The molecule has 1 N–H and O–H groups in total. The van der Waals surface area contributed by atoms with E-state index >= 15 is 0 Å². The van der Waals surface area contributed by atoms with Crippen LogP contribution < -0.4 is 19.7 Å². The normalized spacial score (nSPS) is 23.2. The van der Waals surface area contributed by atoms with Crippen molar-refractivity contribution in [1.82, 2.24) is 9.62 Å². The Morgan fingerprint density at radius 1 is 1.09 bits per heavy atom. The number of sulfonamides is 1. The zero-order chi connectivity index (χ0) is 24.2. The lowest BCUT2D eigenvalue weighted by atomic mass is 9.93. The molecule has 3 rings (SSSR count). The number of benzene rings is 1. The van der Waals surface area contributed by atoms with Crippen LogP contribution in [0, 0.1) is 0 Å². The summed E-state index contributed by atoms with van der Waals surface area (Å²) in [5.41, 5.74) is -1.02. The number of hydrogen-bond donors (Lipinski definition) is 1. The first-order valence-electron chi connectivity index (χ1n) is 11.5. The lowest BCUT2D eigenvalue weighted by Crippen LogP contribution is -2.70. The Balaban J connectivity index is 2.04. The van der Waals surface area contributed by atoms with Crippen molar-refractivity contribution in [2.24, 2.45) is 0 Å². The fraction of sp³-hybridized carbons (Fsp3) is 0.652. The molecule has 2 fully saturated rings. The van der Waals surface area contributed by atoms with Crippen molar-refractivity contribution in [3.63, 3.8) is 0 Å². The van der Waals surface area contributed by atoms with E-state index in [2.05, 4.69) is 5.32 Å². The number of piperazine rings is 1. The van der Waals surface area contributed by atoms with E-state index < -0.39 is 21.5 Å². The lowest BCUT2D eigenvalue weighted by Gasteiger charge is -2.47. The first-order chi connectivity index (χ1) is 15.6. The number of anilines is 1. The summed E-state index contributed by atoms with van der Waals surface area (Å²) >= 11 is 0. The Hall–Kier alpha value is -2.33. The molecule has 1 aliphatic carbocycles. The fourth-order valence-electron chi connectivity index (χ4n) is 4.63. The van der Waals surface area contributed by atoms with E-state index in [1.54, 1.807) is 25.1 Å². The van der Waals surface area contributed by atoms with Gasteiger partial charge in [0.15, 0.2) is 0 Å². The van der Waals surface area contributed by atoms with Crippen molar-refractivity contribution in [3.8, 4) is 11.5 Å². The molecule has 1 aliphatic heterocycles.